The molecule has 6 heteroatoms. The molecule has 26 heavy (non-hydrogen) atoms. The molecule has 1 aliphatic rings. The normalized spacial score (nSPS) is 19.9. The Morgan fingerprint density at radius 3 is 2.08 bits per heavy atom. The van der Waals surface area contributed by atoms with Crippen LogP contribution in [0.1, 0.15) is 72.8 Å². The summed E-state index contributed by atoms with van der Waals surface area (Å²) >= 11 is 0. The van der Waals surface area contributed by atoms with Crippen molar-refractivity contribution in [1.82, 2.24) is 4.72 Å². The third-order valence-corrected chi connectivity index (χ3v) is 6.24. The van der Waals surface area contributed by atoms with Crippen LogP contribution in [0.2, 0.25) is 0 Å². The molecule has 0 aliphatic heterocycles. The van der Waals surface area contributed by atoms with E-state index in [-0.39, 0.29) is 11.3 Å². The van der Waals surface area contributed by atoms with Crippen LogP contribution in [0.15, 0.2) is 29.2 Å². The summed E-state index contributed by atoms with van der Waals surface area (Å²) in [5.74, 6) is 0.0623. The molecule has 0 aromatic heterocycles. The highest BCUT2D eigenvalue weighted by Gasteiger charge is 2.46. The summed E-state index contributed by atoms with van der Waals surface area (Å²) in [5, 5.41) is 0. The molecule has 146 valence electrons. The third-order valence-electron chi connectivity index (χ3n) is 4.52. The van der Waals surface area contributed by atoms with Gasteiger partial charge in [0.1, 0.15) is 5.60 Å². The van der Waals surface area contributed by atoms with Crippen LogP contribution in [-0.4, -0.2) is 25.5 Å². The van der Waals surface area contributed by atoms with Crippen LogP contribution in [0, 0.1) is 5.41 Å². The quantitative estimate of drug-likeness (QED) is 0.756. The van der Waals surface area contributed by atoms with Crippen molar-refractivity contribution in [2.75, 3.05) is 0 Å². The molecule has 1 fully saturated rings. The third kappa shape index (κ3) is 5.55. The minimum atomic E-state index is -3.72. The number of sulfonamides is 1. The van der Waals surface area contributed by atoms with Gasteiger partial charge in [-0.1, -0.05) is 26.0 Å². The summed E-state index contributed by atoms with van der Waals surface area (Å²) in [5.41, 5.74) is -0.0767. The summed E-state index contributed by atoms with van der Waals surface area (Å²) in [6.45, 7) is 13.1. The maximum absolute atomic E-state index is 12.7. The second-order valence-corrected chi connectivity index (χ2v) is 11.2. The van der Waals surface area contributed by atoms with Crippen LogP contribution in [0.25, 0.3) is 0 Å². The van der Waals surface area contributed by atoms with Gasteiger partial charge in [0.15, 0.2) is 0 Å². The molecule has 1 N–H and O–H groups in total. The summed E-state index contributed by atoms with van der Waals surface area (Å²) in [6, 6.07) is 7.04. The molecule has 0 heterocycles. The van der Waals surface area contributed by atoms with Crippen molar-refractivity contribution in [1.29, 1.82) is 0 Å². The Labute approximate surface area is 157 Å². The predicted octanol–water partition coefficient (Wildman–Crippen LogP) is 3.99. The predicted molar refractivity (Wildman–Crippen MR) is 102 cm³/mol. The number of nitrogens with one attached hydrogen (secondary N) is 1. The van der Waals surface area contributed by atoms with Gasteiger partial charge in [-0.05, 0) is 70.1 Å². The van der Waals surface area contributed by atoms with Crippen LogP contribution >= 0.6 is 0 Å². The summed E-state index contributed by atoms with van der Waals surface area (Å²) in [4.78, 5) is 12.2. The second-order valence-electron chi connectivity index (χ2n) is 9.57. The van der Waals surface area contributed by atoms with Gasteiger partial charge >= 0.3 is 5.97 Å². The fourth-order valence-electron chi connectivity index (χ4n) is 3.11. The van der Waals surface area contributed by atoms with Gasteiger partial charge in [-0.15, -0.1) is 0 Å². The van der Waals surface area contributed by atoms with Crippen LogP contribution in [-0.2, 0) is 19.6 Å². The lowest BCUT2D eigenvalue weighted by atomic mass is 10.0. The lowest BCUT2D eigenvalue weighted by molar-refractivity contribution is -0.156. The second kappa shape index (κ2) is 6.64. The first kappa shape index (κ1) is 20.9. The standard InChI is InChI=1S/C20H31NO4S/c1-18(2,3)25-17(22)13-20(6,7)21-26(23,24)15-10-8-14(9-11-15)16-12-19(16,4)5/h8-11,16,21H,12-13H2,1-7H3. The van der Waals surface area contributed by atoms with E-state index < -0.39 is 27.1 Å². The number of carbonyl (C=O) groups is 1. The highest BCUT2D eigenvalue weighted by Crippen LogP contribution is 2.58. The largest absolute Gasteiger partial charge is 0.460 e. The lowest BCUT2D eigenvalue weighted by Gasteiger charge is -2.27. The summed E-state index contributed by atoms with van der Waals surface area (Å²) in [6.07, 6.45) is 1.08. The number of hydrogen-bond acceptors (Lipinski definition) is 4. The van der Waals surface area contributed by atoms with E-state index >= 15 is 0 Å². The van der Waals surface area contributed by atoms with Gasteiger partial charge in [-0.25, -0.2) is 13.1 Å². The van der Waals surface area contributed by atoms with Crippen LogP contribution < -0.4 is 4.72 Å². The molecule has 1 aromatic carbocycles. The monoisotopic (exact) mass is 381 g/mol. The number of benzene rings is 1. The van der Waals surface area contributed by atoms with E-state index in [4.69, 9.17) is 4.74 Å². The fourth-order valence-corrected chi connectivity index (χ4v) is 4.52. The maximum atomic E-state index is 12.7. The van der Waals surface area contributed by atoms with Gasteiger partial charge in [-0.3, -0.25) is 4.79 Å². The number of ether oxygens (including phenoxy) is 1. The van der Waals surface area contributed by atoms with Gasteiger partial charge in [0.05, 0.1) is 11.3 Å². The highest BCUT2D eigenvalue weighted by molar-refractivity contribution is 7.89. The van der Waals surface area contributed by atoms with Crippen molar-refractivity contribution < 1.29 is 17.9 Å². The van der Waals surface area contributed by atoms with Gasteiger partial charge in [0.2, 0.25) is 10.0 Å². The first-order valence-corrected chi connectivity index (χ1v) is 10.5. The Bertz CT molecular complexity index is 771. The number of carbonyl (C=O) groups excluding carboxylic acids is 1. The zero-order valence-electron chi connectivity index (χ0n) is 16.8. The van der Waals surface area contributed by atoms with Crippen LogP contribution in [0.4, 0.5) is 0 Å². The molecule has 1 saturated carbocycles. The smallest absolute Gasteiger partial charge is 0.308 e. The van der Waals surface area contributed by atoms with E-state index in [0.29, 0.717) is 11.3 Å². The molecule has 0 radical (unpaired) electrons. The Morgan fingerprint density at radius 2 is 1.65 bits per heavy atom. The first-order chi connectivity index (χ1) is 11.6. The number of hydrogen-bond donors (Lipinski definition) is 1. The minimum absolute atomic E-state index is 0.0438. The Kier molecular flexibility index (Phi) is 5.34. The zero-order valence-corrected chi connectivity index (χ0v) is 17.7. The summed E-state index contributed by atoms with van der Waals surface area (Å²) < 4.78 is 33.3. The molecular weight excluding hydrogens is 350 g/mol. The van der Waals surface area contributed by atoms with E-state index in [9.17, 15) is 13.2 Å². The molecule has 5 nitrogen and oxygen atoms in total. The molecule has 1 aliphatic carbocycles. The lowest BCUT2D eigenvalue weighted by Crippen LogP contribution is -2.45. The molecule has 1 unspecified atom stereocenters. The van der Waals surface area contributed by atoms with E-state index in [1.807, 2.05) is 12.1 Å². The Morgan fingerprint density at radius 1 is 1.15 bits per heavy atom. The Balaban J connectivity index is 2.06. The number of rotatable bonds is 6. The van der Waals surface area contributed by atoms with E-state index in [1.54, 1.807) is 46.8 Å². The fraction of sp³-hybridized carbons (Fsp3) is 0.650. The maximum Gasteiger partial charge on any atom is 0.308 e. The average Bonchev–Trinajstić information content (AvgIpc) is 3.03. The molecule has 2 rings (SSSR count). The average molecular weight is 382 g/mol. The van der Waals surface area contributed by atoms with Crippen LogP contribution in [0.3, 0.4) is 0 Å². The van der Waals surface area contributed by atoms with Gasteiger partial charge in [0.25, 0.3) is 0 Å². The number of esters is 1. The topological polar surface area (TPSA) is 72.5 Å². The Hall–Kier alpha value is -1.40. The van der Waals surface area contributed by atoms with Crippen molar-refractivity contribution in [2.45, 2.75) is 83.3 Å². The molecule has 1 aromatic rings. The van der Waals surface area contributed by atoms with Gasteiger partial charge in [0, 0.05) is 5.54 Å². The minimum Gasteiger partial charge on any atom is -0.460 e. The van der Waals surface area contributed by atoms with Gasteiger partial charge < -0.3 is 4.74 Å². The van der Waals surface area contributed by atoms with Gasteiger partial charge in [-0.2, -0.15) is 0 Å². The van der Waals surface area contributed by atoms with Crippen molar-refractivity contribution in [2.24, 2.45) is 5.41 Å². The van der Waals surface area contributed by atoms with E-state index in [0.717, 1.165) is 6.42 Å². The van der Waals surface area contributed by atoms with Crippen LogP contribution in [0.5, 0.6) is 0 Å². The van der Waals surface area contributed by atoms with E-state index in [2.05, 4.69) is 18.6 Å². The molecule has 0 bridgehead atoms. The molecule has 1 atom stereocenters. The SMILES string of the molecule is CC(C)(CC(=O)OC(C)(C)C)NS(=O)(=O)c1ccc(C2CC2(C)C)cc1. The molecule has 0 saturated heterocycles. The van der Waals surface area contributed by atoms with Crippen molar-refractivity contribution in [3.05, 3.63) is 29.8 Å². The van der Waals surface area contributed by atoms with Crippen molar-refractivity contribution in [3.8, 4) is 0 Å². The van der Waals surface area contributed by atoms with E-state index in [1.165, 1.54) is 5.56 Å². The molecular formula is C20H31NO4S. The summed E-state index contributed by atoms with van der Waals surface area (Å²) in [7, 11) is -3.72. The molecule has 0 spiro atoms. The first-order valence-electron chi connectivity index (χ1n) is 8.97. The van der Waals surface area contributed by atoms with Crippen molar-refractivity contribution >= 4 is 16.0 Å². The highest BCUT2D eigenvalue weighted by atomic mass is 32.2. The molecule has 0 amide bonds. The van der Waals surface area contributed by atoms with Crippen molar-refractivity contribution in [3.63, 3.8) is 0 Å². The zero-order chi connectivity index (χ0) is 20.0.